The lowest BCUT2D eigenvalue weighted by molar-refractivity contribution is 0.414. The van der Waals surface area contributed by atoms with Gasteiger partial charge in [0, 0.05) is 5.56 Å². The lowest BCUT2D eigenvalue weighted by atomic mass is 9.97. The highest BCUT2D eigenvalue weighted by atomic mass is 16.5. The van der Waals surface area contributed by atoms with E-state index in [0.29, 0.717) is 16.9 Å². The van der Waals surface area contributed by atoms with E-state index >= 15 is 0 Å². The van der Waals surface area contributed by atoms with Gasteiger partial charge >= 0.3 is 0 Å². The molecule has 0 spiro atoms. The molecule has 0 amide bonds. The Hall–Kier alpha value is -2.42. The zero-order valence-electron chi connectivity index (χ0n) is 10.1. The summed E-state index contributed by atoms with van der Waals surface area (Å²) in [6, 6.07) is 10.1. The molecule has 0 bridgehead atoms. The van der Waals surface area contributed by atoms with Gasteiger partial charge in [-0.05, 0) is 23.8 Å². The molecule has 0 aliphatic heterocycles. The van der Waals surface area contributed by atoms with Crippen molar-refractivity contribution >= 4 is 6.08 Å². The van der Waals surface area contributed by atoms with Crippen LogP contribution < -0.4 is 4.74 Å². The van der Waals surface area contributed by atoms with Gasteiger partial charge in [-0.1, -0.05) is 30.9 Å². The Morgan fingerprint density at radius 1 is 1.00 bits per heavy atom. The number of benzene rings is 2. The predicted octanol–water partition coefficient (Wildman–Crippen LogP) is 3.42. The van der Waals surface area contributed by atoms with E-state index in [1.54, 1.807) is 25.3 Å². The van der Waals surface area contributed by atoms with Crippen molar-refractivity contribution in [3.8, 4) is 28.4 Å². The van der Waals surface area contributed by atoms with Gasteiger partial charge in [-0.15, -0.1) is 0 Å². The molecule has 0 aliphatic carbocycles. The van der Waals surface area contributed by atoms with Gasteiger partial charge in [0.05, 0.1) is 12.7 Å². The summed E-state index contributed by atoms with van der Waals surface area (Å²) in [6.45, 7) is 3.73. The van der Waals surface area contributed by atoms with E-state index < -0.39 is 0 Å². The predicted molar refractivity (Wildman–Crippen MR) is 71.9 cm³/mol. The van der Waals surface area contributed by atoms with Gasteiger partial charge in [0.1, 0.15) is 17.2 Å². The lowest BCUT2D eigenvalue weighted by Crippen LogP contribution is -1.91. The highest BCUT2D eigenvalue weighted by Crippen LogP contribution is 2.43. The van der Waals surface area contributed by atoms with Gasteiger partial charge in [-0.2, -0.15) is 0 Å². The molecule has 0 heterocycles. The molecular formula is C15H14O3. The third kappa shape index (κ3) is 1.91. The first kappa shape index (κ1) is 12.0. The van der Waals surface area contributed by atoms with Gasteiger partial charge in [0.2, 0.25) is 0 Å². The van der Waals surface area contributed by atoms with Gasteiger partial charge in [0.25, 0.3) is 0 Å². The number of ether oxygens (including phenoxy) is 1. The first-order valence-electron chi connectivity index (χ1n) is 5.49. The SMILES string of the molecule is C=Cc1cccc(OC)c1-c1c(O)cccc1O. The zero-order valence-corrected chi connectivity index (χ0v) is 10.1. The van der Waals surface area contributed by atoms with E-state index in [4.69, 9.17) is 4.74 Å². The number of aromatic hydroxyl groups is 2. The van der Waals surface area contributed by atoms with Gasteiger partial charge in [-0.3, -0.25) is 0 Å². The van der Waals surface area contributed by atoms with E-state index in [1.807, 2.05) is 12.1 Å². The van der Waals surface area contributed by atoms with Crippen LogP contribution in [0.15, 0.2) is 43.0 Å². The molecule has 0 aromatic heterocycles. The first-order valence-corrected chi connectivity index (χ1v) is 5.49. The summed E-state index contributed by atoms with van der Waals surface area (Å²) in [5.74, 6) is 0.578. The summed E-state index contributed by atoms with van der Waals surface area (Å²) in [6.07, 6.45) is 1.66. The zero-order chi connectivity index (χ0) is 13.1. The van der Waals surface area contributed by atoms with Crippen molar-refractivity contribution in [3.63, 3.8) is 0 Å². The Morgan fingerprint density at radius 2 is 1.61 bits per heavy atom. The molecule has 0 saturated carbocycles. The summed E-state index contributed by atoms with van der Waals surface area (Å²) in [5.41, 5.74) is 1.77. The van der Waals surface area contributed by atoms with Crippen molar-refractivity contribution < 1.29 is 14.9 Å². The van der Waals surface area contributed by atoms with Crippen LogP contribution in [0.4, 0.5) is 0 Å². The van der Waals surface area contributed by atoms with Gasteiger partial charge < -0.3 is 14.9 Å². The van der Waals surface area contributed by atoms with Crippen LogP contribution in [0.5, 0.6) is 17.2 Å². The lowest BCUT2D eigenvalue weighted by Gasteiger charge is -2.14. The third-order valence-corrected chi connectivity index (χ3v) is 2.77. The molecule has 0 unspecified atom stereocenters. The van der Waals surface area contributed by atoms with Crippen LogP contribution in [0.1, 0.15) is 5.56 Å². The molecule has 0 fully saturated rings. The highest BCUT2D eigenvalue weighted by Gasteiger charge is 2.16. The number of methoxy groups -OCH3 is 1. The monoisotopic (exact) mass is 242 g/mol. The van der Waals surface area contributed by atoms with Crippen molar-refractivity contribution in [1.29, 1.82) is 0 Å². The minimum absolute atomic E-state index is 0.00241. The number of hydrogen-bond donors (Lipinski definition) is 2. The number of phenolic OH excluding ortho intramolecular Hbond substituents is 2. The van der Waals surface area contributed by atoms with Crippen LogP contribution >= 0.6 is 0 Å². The molecule has 0 saturated heterocycles. The minimum atomic E-state index is 0.00241. The average Bonchev–Trinajstić information content (AvgIpc) is 2.38. The van der Waals surface area contributed by atoms with Crippen molar-refractivity contribution in [2.24, 2.45) is 0 Å². The first-order chi connectivity index (χ1) is 8.69. The van der Waals surface area contributed by atoms with Crippen LogP contribution in [-0.4, -0.2) is 17.3 Å². The standard InChI is InChI=1S/C15H14O3/c1-3-10-6-4-9-13(18-2)14(10)15-11(16)7-5-8-12(15)17/h3-9,16-17H,1H2,2H3. The van der Waals surface area contributed by atoms with Crippen LogP contribution in [0.25, 0.3) is 17.2 Å². The number of phenols is 2. The second-order valence-corrected chi connectivity index (χ2v) is 3.80. The maximum Gasteiger partial charge on any atom is 0.127 e. The normalized spacial score (nSPS) is 10.1. The van der Waals surface area contributed by atoms with Crippen molar-refractivity contribution in [3.05, 3.63) is 48.5 Å². The summed E-state index contributed by atoms with van der Waals surface area (Å²) in [4.78, 5) is 0. The quantitative estimate of drug-likeness (QED) is 0.867. The second-order valence-electron chi connectivity index (χ2n) is 3.80. The van der Waals surface area contributed by atoms with Crippen LogP contribution in [0, 0.1) is 0 Å². The molecule has 3 nitrogen and oxygen atoms in total. The third-order valence-electron chi connectivity index (χ3n) is 2.77. The fourth-order valence-electron chi connectivity index (χ4n) is 1.94. The van der Waals surface area contributed by atoms with Crippen molar-refractivity contribution in [2.75, 3.05) is 7.11 Å². The maximum atomic E-state index is 9.93. The van der Waals surface area contributed by atoms with E-state index in [-0.39, 0.29) is 11.5 Å². The Balaban J connectivity index is 2.81. The maximum absolute atomic E-state index is 9.93. The molecule has 2 aromatic carbocycles. The van der Waals surface area contributed by atoms with Gasteiger partial charge in [0.15, 0.2) is 0 Å². The summed E-state index contributed by atoms with van der Waals surface area (Å²) >= 11 is 0. The molecule has 0 atom stereocenters. The molecule has 2 N–H and O–H groups in total. The van der Waals surface area contributed by atoms with E-state index in [9.17, 15) is 10.2 Å². The van der Waals surface area contributed by atoms with Crippen LogP contribution in [-0.2, 0) is 0 Å². The molecule has 0 aliphatic rings. The molecule has 18 heavy (non-hydrogen) atoms. The Bertz CT molecular complexity index is 568. The molecule has 92 valence electrons. The van der Waals surface area contributed by atoms with Crippen LogP contribution in [0.2, 0.25) is 0 Å². The molecule has 2 aromatic rings. The summed E-state index contributed by atoms with van der Waals surface area (Å²) in [7, 11) is 1.54. The summed E-state index contributed by atoms with van der Waals surface area (Å²) < 4.78 is 5.28. The second kappa shape index (κ2) is 4.84. The molecular weight excluding hydrogens is 228 g/mol. The minimum Gasteiger partial charge on any atom is -0.507 e. The Labute approximate surface area is 106 Å². The number of hydrogen-bond acceptors (Lipinski definition) is 3. The smallest absolute Gasteiger partial charge is 0.127 e. The highest BCUT2D eigenvalue weighted by molar-refractivity contribution is 5.86. The number of rotatable bonds is 3. The van der Waals surface area contributed by atoms with Gasteiger partial charge in [-0.25, -0.2) is 0 Å². The Kier molecular flexibility index (Phi) is 3.24. The van der Waals surface area contributed by atoms with Crippen molar-refractivity contribution in [1.82, 2.24) is 0 Å². The Morgan fingerprint density at radius 3 is 2.17 bits per heavy atom. The largest absolute Gasteiger partial charge is 0.507 e. The molecule has 2 rings (SSSR count). The topological polar surface area (TPSA) is 49.7 Å². The summed E-state index contributed by atoms with van der Waals surface area (Å²) in [5, 5.41) is 19.9. The average molecular weight is 242 g/mol. The van der Waals surface area contributed by atoms with Crippen molar-refractivity contribution in [2.45, 2.75) is 0 Å². The fourth-order valence-corrected chi connectivity index (χ4v) is 1.94. The molecule has 0 radical (unpaired) electrons. The fraction of sp³-hybridized carbons (Fsp3) is 0.0667. The van der Waals surface area contributed by atoms with E-state index in [1.165, 1.54) is 12.1 Å². The molecule has 3 heteroatoms. The van der Waals surface area contributed by atoms with E-state index in [2.05, 4.69) is 6.58 Å². The van der Waals surface area contributed by atoms with E-state index in [0.717, 1.165) is 5.56 Å². The van der Waals surface area contributed by atoms with Crippen LogP contribution in [0.3, 0.4) is 0 Å².